The Hall–Kier alpha value is -3.22. The lowest BCUT2D eigenvalue weighted by molar-refractivity contribution is -0.117. The fourth-order valence-electron chi connectivity index (χ4n) is 3.38. The van der Waals surface area contributed by atoms with Gasteiger partial charge in [0.15, 0.2) is 17.3 Å². The van der Waals surface area contributed by atoms with Gasteiger partial charge in [0.1, 0.15) is 0 Å². The van der Waals surface area contributed by atoms with Crippen LogP contribution in [-0.4, -0.2) is 49.1 Å². The van der Waals surface area contributed by atoms with Crippen LogP contribution < -0.4 is 14.8 Å². The lowest BCUT2D eigenvalue weighted by atomic mass is 10.0. The van der Waals surface area contributed by atoms with E-state index < -0.39 is 0 Å². The molecule has 2 heterocycles. The van der Waals surface area contributed by atoms with E-state index in [1.165, 1.54) is 12.3 Å². The Morgan fingerprint density at radius 1 is 1.13 bits per heavy atom. The van der Waals surface area contributed by atoms with Gasteiger partial charge in [-0.25, -0.2) is 0 Å². The normalized spacial score (nSPS) is 14.7. The number of amides is 2. The Balaban J connectivity index is 1.50. The molecule has 1 aliphatic rings. The van der Waals surface area contributed by atoms with E-state index in [0.717, 1.165) is 5.56 Å². The zero-order valence-electron chi connectivity index (χ0n) is 17.4. The van der Waals surface area contributed by atoms with Crippen LogP contribution in [0.4, 0.5) is 0 Å². The van der Waals surface area contributed by atoms with Gasteiger partial charge in [-0.1, -0.05) is 6.07 Å². The van der Waals surface area contributed by atoms with E-state index in [-0.39, 0.29) is 17.9 Å². The van der Waals surface area contributed by atoms with Crippen LogP contribution in [0.1, 0.15) is 42.8 Å². The summed E-state index contributed by atoms with van der Waals surface area (Å²) in [5.74, 6) is 1.44. The molecule has 2 amide bonds. The summed E-state index contributed by atoms with van der Waals surface area (Å²) in [6.07, 6.45) is 6.19. The molecule has 1 fully saturated rings. The second-order valence-corrected chi connectivity index (χ2v) is 6.96. The summed E-state index contributed by atoms with van der Waals surface area (Å²) in [4.78, 5) is 26.4. The summed E-state index contributed by atoms with van der Waals surface area (Å²) in [6.45, 7) is 6.11. The van der Waals surface area contributed by atoms with Gasteiger partial charge in [-0.2, -0.15) is 0 Å². The van der Waals surface area contributed by atoms with Gasteiger partial charge in [0, 0.05) is 25.2 Å². The van der Waals surface area contributed by atoms with Crippen molar-refractivity contribution in [2.75, 3.05) is 26.3 Å². The molecule has 1 aromatic carbocycles. The molecule has 0 bridgehead atoms. The first-order chi connectivity index (χ1) is 14.6. The van der Waals surface area contributed by atoms with Gasteiger partial charge < -0.3 is 24.1 Å². The molecule has 1 saturated heterocycles. The van der Waals surface area contributed by atoms with Crippen LogP contribution in [0.25, 0.3) is 6.08 Å². The van der Waals surface area contributed by atoms with Gasteiger partial charge >= 0.3 is 0 Å². The van der Waals surface area contributed by atoms with Crippen molar-refractivity contribution in [3.8, 4) is 11.5 Å². The molecule has 2 aromatic rings. The fraction of sp³-hybridized carbons (Fsp3) is 0.391. The van der Waals surface area contributed by atoms with E-state index in [0.29, 0.717) is 56.4 Å². The SMILES string of the molecule is CCOc1ccc(/C=C/C(=O)NC2CCN(C(=O)c3ccco3)CC2)cc1OCC. The summed E-state index contributed by atoms with van der Waals surface area (Å²) in [5, 5.41) is 3.01. The maximum atomic E-state index is 12.3. The second kappa shape index (κ2) is 10.5. The number of benzene rings is 1. The van der Waals surface area contributed by atoms with E-state index in [9.17, 15) is 9.59 Å². The van der Waals surface area contributed by atoms with Gasteiger partial charge in [0.2, 0.25) is 5.91 Å². The molecule has 0 saturated carbocycles. The van der Waals surface area contributed by atoms with Crippen LogP contribution in [0, 0.1) is 0 Å². The molecule has 0 aliphatic carbocycles. The molecule has 1 aliphatic heterocycles. The summed E-state index contributed by atoms with van der Waals surface area (Å²) < 4.78 is 16.3. The summed E-state index contributed by atoms with van der Waals surface area (Å²) >= 11 is 0. The van der Waals surface area contributed by atoms with E-state index in [4.69, 9.17) is 13.9 Å². The summed E-state index contributed by atoms with van der Waals surface area (Å²) in [6, 6.07) is 9.00. The quantitative estimate of drug-likeness (QED) is 0.671. The number of furan rings is 1. The molecule has 3 rings (SSSR count). The Morgan fingerprint density at radius 3 is 2.53 bits per heavy atom. The van der Waals surface area contributed by atoms with Crippen LogP contribution >= 0.6 is 0 Å². The lowest BCUT2D eigenvalue weighted by Crippen LogP contribution is -2.46. The molecule has 7 nitrogen and oxygen atoms in total. The van der Waals surface area contributed by atoms with Gasteiger partial charge in [0.25, 0.3) is 5.91 Å². The van der Waals surface area contributed by atoms with Gasteiger partial charge in [-0.15, -0.1) is 0 Å². The number of piperidine rings is 1. The van der Waals surface area contributed by atoms with E-state index >= 15 is 0 Å². The molecule has 0 atom stereocenters. The Bertz CT molecular complexity index is 868. The van der Waals surface area contributed by atoms with E-state index in [1.54, 1.807) is 23.1 Å². The molecule has 0 spiro atoms. The number of likely N-dealkylation sites (tertiary alicyclic amines) is 1. The standard InChI is InChI=1S/C23H28N2O5/c1-3-28-19-9-7-17(16-21(19)29-4-2)8-10-22(26)24-18-11-13-25(14-12-18)23(27)20-6-5-15-30-20/h5-10,15-16,18H,3-4,11-14H2,1-2H3,(H,24,26)/b10-8+. The molecule has 30 heavy (non-hydrogen) atoms. The maximum absolute atomic E-state index is 12.3. The third-order valence-corrected chi connectivity index (χ3v) is 4.86. The number of carbonyl (C=O) groups excluding carboxylic acids is 2. The number of ether oxygens (including phenoxy) is 2. The highest BCUT2D eigenvalue weighted by atomic mass is 16.5. The van der Waals surface area contributed by atoms with E-state index in [1.807, 2.05) is 32.0 Å². The third kappa shape index (κ3) is 5.65. The second-order valence-electron chi connectivity index (χ2n) is 6.96. The molecule has 1 aromatic heterocycles. The minimum absolute atomic E-state index is 0.0436. The first kappa shape index (κ1) is 21.5. The highest BCUT2D eigenvalue weighted by Gasteiger charge is 2.25. The number of nitrogens with zero attached hydrogens (tertiary/aromatic N) is 1. The zero-order chi connectivity index (χ0) is 21.3. The van der Waals surface area contributed by atoms with Crippen molar-refractivity contribution in [3.05, 3.63) is 54.0 Å². The molecular weight excluding hydrogens is 384 g/mol. The van der Waals surface area contributed by atoms with Crippen molar-refractivity contribution < 1.29 is 23.5 Å². The first-order valence-electron chi connectivity index (χ1n) is 10.3. The smallest absolute Gasteiger partial charge is 0.289 e. The Labute approximate surface area is 176 Å². The number of hydrogen-bond donors (Lipinski definition) is 1. The highest BCUT2D eigenvalue weighted by molar-refractivity contribution is 5.92. The predicted molar refractivity (Wildman–Crippen MR) is 114 cm³/mol. The first-order valence-corrected chi connectivity index (χ1v) is 10.3. The topological polar surface area (TPSA) is 81.0 Å². The minimum Gasteiger partial charge on any atom is -0.490 e. The predicted octanol–water partition coefficient (Wildman–Crippen LogP) is 3.51. The largest absolute Gasteiger partial charge is 0.490 e. The monoisotopic (exact) mass is 412 g/mol. The van der Waals surface area contributed by atoms with Crippen LogP contribution in [0.15, 0.2) is 47.1 Å². The molecule has 160 valence electrons. The molecule has 0 radical (unpaired) electrons. The van der Waals surface area contributed by atoms with Crippen molar-refractivity contribution >= 4 is 17.9 Å². The Kier molecular flexibility index (Phi) is 7.54. The van der Waals surface area contributed by atoms with Crippen molar-refractivity contribution in [2.24, 2.45) is 0 Å². The van der Waals surface area contributed by atoms with Gasteiger partial charge in [-0.3, -0.25) is 9.59 Å². The molecule has 1 N–H and O–H groups in total. The Morgan fingerprint density at radius 2 is 1.87 bits per heavy atom. The van der Waals surface area contributed by atoms with Crippen LogP contribution in [-0.2, 0) is 4.79 Å². The van der Waals surface area contributed by atoms with Crippen molar-refractivity contribution in [1.82, 2.24) is 10.2 Å². The number of hydrogen-bond acceptors (Lipinski definition) is 5. The average molecular weight is 412 g/mol. The molecule has 0 unspecified atom stereocenters. The number of rotatable bonds is 8. The van der Waals surface area contributed by atoms with Crippen LogP contribution in [0.5, 0.6) is 11.5 Å². The highest BCUT2D eigenvalue weighted by Crippen LogP contribution is 2.29. The third-order valence-electron chi connectivity index (χ3n) is 4.86. The van der Waals surface area contributed by atoms with E-state index in [2.05, 4.69) is 5.32 Å². The lowest BCUT2D eigenvalue weighted by Gasteiger charge is -2.31. The number of nitrogens with one attached hydrogen (secondary N) is 1. The van der Waals surface area contributed by atoms with Crippen molar-refractivity contribution in [1.29, 1.82) is 0 Å². The van der Waals surface area contributed by atoms with Gasteiger partial charge in [0.05, 0.1) is 19.5 Å². The van der Waals surface area contributed by atoms with Gasteiger partial charge in [-0.05, 0) is 62.6 Å². The zero-order valence-corrected chi connectivity index (χ0v) is 17.4. The van der Waals surface area contributed by atoms with Crippen molar-refractivity contribution in [2.45, 2.75) is 32.7 Å². The minimum atomic E-state index is -0.155. The average Bonchev–Trinajstić information content (AvgIpc) is 3.29. The van der Waals surface area contributed by atoms with Crippen molar-refractivity contribution in [3.63, 3.8) is 0 Å². The summed E-state index contributed by atoms with van der Waals surface area (Å²) in [7, 11) is 0. The molecule has 7 heteroatoms. The summed E-state index contributed by atoms with van der Waals surface area (Å²) in [5.41, 5.74) is 0.857. The van der Waals surface area contributed by atoms with Crippen LogP contribution in [0.2, 0.25) is 0 Å². The maximum Gasteiger partial charge on any atom is 0.289 e. The fourth-order valence-corrected chi connectivity index (χ4v) is 3.38. The van der Waals surface area contributed by atoms with Crippen LogP contribution in [0.3, 0.4) is 0 Å². The number of carbonyl (C=O) groups is 2. The molecular formula is C23H28N2O5.